The zero-order chi connectivity index (χ0) is 19.7. The first-order valence-electron chi connectivity index (χ1n) is 8.89. The van der Waals surface area contributed by atoms with E-state index in [1.165, 1.54) is 0 Å². The van der Waals surface area contributed by atoms with Gasteiger partial charge in [-0.15, -0.1) is 0 Å². The van der Waals surface area contributed by atoms with E-state index < -0.39 is 5.63 Å². The van der Waals surface area contributed by atoms with Crippen molar-refractivity contribution in [3.63, 3.8) is 0 Å². The summed E-state index contributed by atoms with van der Waals surface area (Å²) in [4.78, 5) is 12.6. The van der Waals surface area contributed by atoms with Crippen LogP contribution in [-0.2, 0) is 6.42 Å². The van der Waals surface area contributed by atoms with Gasteiger partial charge in [0, 0.05) is 21.2 Å². The van der Waals surface area contributed by atoms with E-state index in [4.69, 9.17) is 27.6 Å². The second-order valence-electron chi connectivity index (χ2n) is 6.64. The molecule has 1 aromatic heterocycles. The van der Waals surface area contributed by atoms with Gasteiger partial charge < -0.3 is 4.42 Å². The first kappa shape index (κ1) is 18.6. The Labute approximate surface area is 172 Å². The summed E-state index contributed by atoms with van der Waals surface area (Å²) in [5.41, 5.74) is 3.67. The molecule has 2 aromatic carbocycles. The maximum absolute atomic E-state index is 12.6. The maximum atomic E-state index is 12.6. The summed E-state index contributed by atoms with van der Waals surface area (Å²) in [6, 6.07) is 16.7. The number of hydrogen-bond donors (Lipinski definition) is 0. The number of nitriles is 1. The van der Waals surface area contributed by atoms with Crippen molar-refractivity contribution in [2.24, 2.45) is 0 Å². The van der Waals surface area contributed by atoms with Crippen LogP contribution in [0.4, 0.5) is 0 Å². The van der Waals surface area contributed by atoms with Gasteiger partial charge in [-0.2, -0.15) is 5.26 Å². The maximum Gasteiger partial charge on any atom is 0.354 e. The molecule has 4 rings (SSSR count). The van der Waals surface area contributed by atoms with Gasteiger partial charge >= 0.3 is 5.63 Å². The molecule has 1 aliphatic rings. The van der Waals surface area contributed by atoms with Crippen molar-refractivity contribution in [2.45, 2.75) is 19.3 Å². The van der Waals surface area contributed by atoms with E-state index in [9.17, 15) is 10.1 Å². The number of benzene rings is 2. The molecule has 3 nitrogen and oxygen atoms in total. The molecule has 138 valence electrons. The lowest BCUT2D eigenvalue weighted by molar-refractivity contribution is 0.479. The third-order valence-corrected chi connectivity index (χ3v) is 5.35. The molecule has 0 atom stereocenters. The summed E-state index contributed by atoms with van der Waals surface area (Å²) in [6.07, 6.45) is 4.45. The summed E-state index contributed by atoms with van der Waals surface area (Å²) in [6.45, 7) is 0. The summed E-state index contributed by atoms with van der Waals surface area (Å²) in [5, 5.41) is 10.8. The monoisotopic (exact) mass is 407 g/mol. The summed E-state index contributed by atoms with van der Waals surface area (Å²) in [7, 11) is 0. The number of fused-ring (bicyclic) bond motifs is 1. The number of nitrogens with zero attached hydrogens (tertiary/aromatic N) is 1. The van der Waals surface area contributed by atoms with Gasteiger partial charge in [0.1, 0.15) is 17.4 Å². The summed E-state index contributed by atoms with van der Waals surface area (Å²) in [5.74, 6) is 0.565. The molecule has 1 aliphatic carbocycles. The van der Waals surface area contributed by atoms with Gasteiger partial charge in [-0.3, -0.25) is 0 Å². The molecule has 0 saturated heterocycles. The van der Waals surface area contributed by atoms with Crippen LogP contribution in [0.5, 0.6) is 0 Å². The lowest BCUT2D eigenvalue weighted by Crippen LogP contribution is -2.15. The fraction of sp³-hybridized carbons (Fsp3) is 0.130. The van der Waals surface area contributed by atoms with Crippen LogP contribution in [0.3, 0.4) is 0 Å². The normalized spacial score (nSPS) is 14.5. The molecule has 1 heterocycles. The van der Waals surface area contributed by atoms with Crippen molar-refractivity contribution < 1.29 is 4.42 Å². The minimum Gasteiger partial charge on any atom is -0.422 e. The topological polar surface area (TPSA) is 54.0 Å². The molecule has 0 unspecified atom stereocenters. The molecular weight excluding hydrogens is 393 g/mol. The standard InChI is InChI=1S/C23H15Cl2NO2/c24-17-8-4-14(5-9-17)12-16-2-1-3-19-21(15-6-10-18(25)11-7-15)20(13-26)23(27)28-22(16)19/h4-12H,1-3H2/b16-12+. The Bertz CT molecular complexity index is 1170. The second kappa shape index (κ2) is 7.67. The van der Waals surface area contributed by atoms with E-state index in [0.29, 0.717) is 21.4 Å². The Morgan fingerprint density at radius 3 is 2.25 bits per heavy atom. The highest BCUT2D eigenvalue weighted by atomic mass is 35.5. The van der Waals surface area contributed by atoms with Crippen molar-refractivity contribution in [1.82, 2.24) is 0 Å². The zero-order valence-corrected chi connectivity index (χ0v) is 16.3. The molecule has 0 saturated carbocycles. The molecular formula is C23H15Cl2NO2. The van der Waals surface area contributed by atoms with E-state index in [1.54, 1.807) is 12.1 Å². The molecule has 0 N–H and O–H groups in total. The molecule has 0 radical (unpaired) electrons. The lowest BCUT2D eigenvalue weighted by Gasteiger charge is -2.21. The minimum absolute atomic E-state index is 0.0359. The van der Waals surface area contributed by atoms with E-state index in [0.717, 1.165) is 41.5 Å². The van der Waals surface area contributed by atoms with Crippen molar-refractivity contribution in [3.05, 3.63) is 91.4 Å². The van der Waals surface area contributed by atoms with Crippen LogP contribution in [0, 0.1) is 11.3 Å². The van der Waals surface area contributed by atoms with E-state index in [2.05, 4.69) is 0 Å². The van der Waals surface area contributed by atoms with Gasteiger partial charge in [0.2, 0.25) is 0 Å². The smallest absolute Gasteiger partial charge is 0.354 e. The molecule has 0 bridgehead atoms. The Kier molecular flexibility index (Phi) is 5.09. The Hall–Kier alpha value is -2.80. The molecule has 0 fully saturated rings. The predicted molar refractivity (Wildman–Crippen MR) is 112 cm³/mol. The van der Waals surface area contributed by atoms with Crippen molar-refractivity contribution in [3.8, 4) is 17.2 Å². The highest BCUT2D eigenvalue weighted by Gasteiger charge is 2.25. The largest absolute Gasteiger partial charge is 0.422 e. The van der Waals surface area contributed by atoms with Gasteiger partial charge in [0.25, 0.3) is 0 Å². The Balaban J connectivity index is 1.94. The molecule has 0 aliphatic heterocycles. The highest BCUT2D eigenvalue weighted by molar-refractivity contribution is 6.30. The Morgan fingerprint density at radius 2 is 1.61 bits per heavy atom. The summed E-state index contributed by atoms with van der Waals surface area (Å²) < 4.78 is 5.62. The van der Waals surface area contributed by atoms with Crippen LogP contribution in [-0.4, -0.2) is 0 Å². The first-order chi connectivity index (χ1) is 13.6. The lowest BCUT2D eigenvalue weighted by atomic mass is 9.85. The molecule has 0 spiro atoms. The predicted octanol–water partition coefficient (Wildman–Crippen LogP) is 6.36. The van der Waals surface area contributed by atoms with Gasteiger partial charge in [-0.05, 0) is 66.3 Å². The van der Waals surface area contributed by atoms with Crippen LogP contribution in [0.25, 0.3) is 22.8 Å². The average Bonchev–Trinajstić information content (AvgIpc) is 2.70. The minimum atomic E-state index is -0.616. The SMILES string of the molecule is N#Cc1c(-c2ccc(Cl)cc2)c2c(oc1=O)/C(=C/c1ccc(Cl)cc1)CCC2. The van der Waals surface area contributed by atoms with E-state index >= 15 is 0 Å². The van der Waals surface area contributed by atoms with Crippen molar-refractivity contribution in [1.29, 1.82) is 5.26 Å². The average molecular weight is 408 g/mol. The van der Waals surface area contributed by atoms with Gasteiger partial charge in [0.15, 0.2) is 0 Å². The van der Waals surface area contributed by atoms with E-state index in [-0.39, 0.29) is 5.56 Å². The second-order valence-corrected chi connectivity index (χ2v) is 7.51. The van der Waals surface area contributed by atoms with Gasteiger partial charge in [-0.1, -0.05) is 47.5 Å². The van der Waals surface area contributed by atoms with Gasteiger partial charge in [-0.25, -0.2) is 4.79 Å². The third kappa shape index (κ3) is 3.49. The quantitative estimate of drug-likeness (QED) is 0.496. The van der Waals surface area contributed by atoms with Crippen LogP contribution < -0.4 is 5.63 Å². The highest BCUT2D eigenvalue weighted by Crippen LogP contribution is 2.38. The van der Waals surface area contributed by atoms with Gasteiger partial charge in [0.05, 0.1) is 0 Å². The fourth-order valence-electron chi connectivity index (χ4n) is 3.57. The Morgan fingerprint density at radius 1 is 0.964 bits per heavy atom. The van der Waals surface area contributed by atoms with Crippen molar-refractivity contribution in [2.75, 3.05) is 0 Å². The molecule has 3 aromatic rings. The first-order valence-corrected chi connectivity index (χ1v) is 9.65. The number of halogens is 2. The molecule has 28 heavy (non-hydrogen) atoms. The fourth-order valence-corrected chi connectivity index (χ4v) is 3.83. The van der Waals surface area contributed by atoms with E-state index in [1.807, 2.05) is 48.5 Å². The number of rotatable bonds is 2. The number of hydrogen-bond acceptors (Lipinski definition) is 3. The third-order valence-electron chi connectivity index (χ3n) is 4.84. The zero-order valence-electron chi connectivity index (χ0n) is 14.8. The summed E-state index contributed by atoms with van der Waals surface area (Å²) >= 11 is 12.0. The molecule has 5 heteroatoms. The number of allylic oxidation sites excluding steroid dienone is 1. The van der Waals surface area contributed by atoms with Crippen molar-refractivity contribution >= 4 is 34.9 Å². The van der Waals surface area contributed by atoms with Crippen LogP contribution in [0.1, 0.15) is 35.3 Å². The van der Waals surface area contributed by atoms with Crippen LogP contribution >= 0.6 is 23.2 Å². The van der Waals surface area contributed by atoms with Crippen LogP contribution in [0.15, 0.2) is 57.7 Å². The van der Waals surface area contributed by atoms with Crippen LogP contribution in [0.2, 0.25) is 10.0 Å². The molecule has 0 amide bonds.